The smallest absolute Gasteiger partial charge is 0.316 e. The van der Waals surface area contributed by atoms with Gasteiger partial charge in [0, 0.05) is 19.3 Å². The van der Waals surface area contributed by atoms with Gasteiger partial charge in [-0.05, 0) is 37.6 Å². The molecule has 0 saturated carbocycles. The molecule has 1 aliphatic heterocycles. The van der Waals surface area contributed by atoms with Crippen molar-refractivity contribution in [2.24, 2.45) is 11.3 Å². The lowest BCUT2D eigenvalue weighted by atomic mass is 9.78. The van der Waals surface area contributed by atoms with Crippen LogP contribution in [0.4, 0.5) is 0 Å². The van der Waals surface area contributed by atoms with E-state index in [1.807, 2.05) is 24.3 Å². The monoisotopic (exact) mass is 446 g/mol. The molecular weight excluding hydrogens is 412 g/mol. The van der Waals surface area contributed by atoms with Gasteiger partial charge >= 0.3 is 5.97 Å². The molecule has 1 aromatic carbocycles. The Morgan fingerprint density at radius 2 is 1.81 bits per heavy atom. The minimum absolute atomic E-state index is 0.0787. The lowest BCUT2D eigenvalue weighted by Crippen LogP contribution is -2.41. The van der Waals surface area contributed by atoms with Crippen LogP contribution >= 0.6 is 0 Å². The van der Waals surface area contributed by atoms with Crippen LogP contribution in [-0.4, -0.2) is 48.6 Å². The summed E-state index contributed by atoms with van der Waals surface area (Å²) in [6.07, 6.45) is 0.110. The molecule has 7 nitrogen and oxygen atoms in total. The van der Waals surface area contributed by atoms with Crippen molar-refractivity contribution in [2.45, 2.75) is 65.8 Å². The minimum atomic E-state index is -1.06. The molecule has 0 bridgehead atoms. The summed E-state index contributed by atoms with van der Waals surface area (Å²) in [6, 6.07) is 7.38. The molecule has 1 aliphatic rings. The highest BCUT2D eigenvalue weighted by atomic mass is 16.5. The largest absolute Gasteiger partial charge is 0.497 e. The molecule has 0 amide bonds. The zero-order valence-corrected chi connectivity index (χ0v) is 19.6. The van der Waals surface area contributed by atoms with E-state index in [1.54, 1.807) is 34.0 Å². The molecule has 2 rings (SSSR count). The Labute approximate surface area is 189 Å². The molecule has 3 atom stereocenters. The first-order chi connectivity index (χ1) is 15.0. The van der Waals surface area contributed by atoms with Crippen molar-refractivity contribution in [3.05, 3.63) is 41.5 Å². The van der Waals surface area contributed by atoms with E-state index >= 15 is 0 Å². The van der Waals surface area contributed by atoms with Gasteiger partial charge in [0.1, 0.15) is 17.5 Å². The number of rotatable bonds is 4. The Balaban J connectivity index is 2.27. The second-order valence-corrected chi connectivity index (χ2v) is 8.92. The highest BCUT2D eigenvalue weighted by Crippen LogP contribution is 2.31. The average Bonchev–Trinajstić information content (AvgIpc) is 2.75. The van der Waals surface area contributed by atoms with E-state index in [0.717, 1.165) is 16.9 Å². The molecule has 1 unspecified atom stereocenters. The van der Waals surface area contributed by atoms with Crippen molar-refractivity contribution in [1.29, 1.82) is 0 Å². The van der Waals surface area contributed by atoms with Crippen molar-refractivity contribution in [2.75, 3.05) is 13.7 Å². The Hall–Kier alpha value is -2.51. The first-order valence-corrected chi connectivity index (χ1v) is 10.9. The third kappa shape index (κ3) is 7.00. The first kappa shape index (κ1) is 25.7. The van der Waals surface area contributed by atoms with Crippen molar-refractivity contribution in [3.8, 4) is 5.75 Å². The van der Waals surface area contributed by atoms with E-state index in [-0.39, 0.29) is 31.8 Å². The summed E-state index contributed by atoms with van der Waals surface area (Å²) in [5.41, 5.74) is 0.716. The van der Waals surface area contributed by atoms with Crippen LogP contribution in [0.25, 0.3) is 0 Å². The maximum atomic E-state index is 13.1. The van der Waals surface area contributed by atoms with Crippen LogP contribution in [-0.2, 0) is 30.5 Å². The van der Waals surface area contributed by atoms with Gasteiger partial charge in [-0.1, -0.05) is 31.6 Å². The number of carbonyl (C=O) groups is 3. The molecular formula is C25H34O7. The van der Waals surface area contributed by atoms with E-state index in [0.29, 0.717) is 6.42 Å². The molecule has 0 fully saturated rings. The van der Waals surface area contributed by atoms with Crippen LogP contribution in [0.2, 0.25) is 0 Å². The number of aliphatic hydroxyl groups excluding tert-OH is 1. The van der Waals surface area contributed by atoms with Gasteiger partial charge in [0.15, 0.2) is 5.78 Å². The zero-order chi connectivity index (χ0) is 23.9. The van der Waals surface area contributed by atoms with E-state index < -0.39 is 35.3 Å². The highest BCUT2D eigenvalue weighted by molar-refractivity contribution is 5.99. The summed E-state index contributed by atoms with van der Waals surface area (Å²) in [5, 5.41) is 10.6. The van der Waals surface area contributed by atoms with Crippen LogP contribution in [0, 0.1) is 11.3 Å². The van der Waals surface area contributed by atoms with Crippen molar-refractivity contribution in [1.82, 2.24) is 0 Å². The first-order valence-electron chi connectivity index (χ1n) is 10.9. The number of allylic oxidation sites excluding steroid dienone is 1. The van der Waals surface area contributed by atoms with Crippen LogP contribution in [0.5, 0.6) is 5.75 Å². The number of aliphatic hydroxyl groups is 1. The predicted octanol–water partition coefficient (Wildman–Crippen LogP) is 3.42. The van der Waals surface area contributed by atoms with Crippen LogP contribution in [0.15, 0.2) is 35.9 Å². The Kier molecular flexibility index (Phi) is 9.16. The minimum Gasteiger partial charge on any atom is -0.497 e. The van der Waals surface area contributed by atoms with Crippen LogP contribution in [0.1, 0.15) is 52.5 Å². The number of ketones is 2. The molecule has 0 aliphatic carbocycles. The Bertz CT molecular complexity index is 838. The molecule has 176 valence electrons. The van der Waals surface area contributed by atoms with E-state index in [1.165, 1.54) is 6.92 Å². The van der Waals surface area contributed by atoms with Crippen LogP contribution < -0.4 is 4.74 Å². The summed E-state index contributed by atoms with van der Waals surface area (Å²) < 4.78 is 16.5. The zero-order valence-electron chi connectivity index (χ0n) is 19.6. The van der Waals surface area contributed by atoms with Crippen molar-refractivity contribution in [3.63, 3.8) is 0 Å². The molecule has 0 aromatic heterocycles. The summed E-state index contributed by atoms with van der Waals surface area (Å²) >= 11 is 0. The fraction of sp³-hybridized carbons (Fsp3) is 0.560. The molecule has 1 heterocycles. The van der Waals surface area contributed by atoms with Crippen molar-refractivity contribution >= 4 is 17.5 Å². The third-order valence-electron chi connectivity index (χ3n) is 5.93. The number of hydrogen-bond acceptors (Lipinski definition) is 7. The van der Waals surface area contributed by atoms with Crippen molar-refractivity contribution < 1.29 is 33.7 Å². The number of methoxy groups -OCH3 is 1. The lowest BCUT2D eigenvalue weighted by Gasteiger charge is -2.34. The summed E-state index contributed by atoms with van der Waals surface area (Å²) in [7, 11) is 1.59. The van der Waals surface area contributed by atoms with Gasteiger partial charge in [-0.2, -0.15) is 0 Å². The second kappa shape index (κ2) is 11.4. The topological polar surface area (TPSA) is 99.1 Å². The van der Waals surface area contributed by atoms with Gasteiger partial charge in [0.25, 0.3) is 0 Å². The maximum Gasteiger partial charge on any atom is 0.316 e. The van der Waals surface area contributed by atoms with Crippen LogP contribution in [0.3, 0.4) is 0 Å². The van der Waals surface area contributed by atoms with Gasteiger partial charge in [-0.25, -0.2) is 0 Å². The van der Waals surface area contributed by atoms with E-state index in [2.05, 4.69) is 0 Å². The second-order valence-electron chi connectivity index (χ2n) is 8.92. The SMILES string of the molecule is COc1ccc(CO[C@@H]2C[C@H](O)CC(=O)C(C)C(=O)OCC/C(C)=C/C(=O)C2(C)C)cc1. The molecule has 7 heteroatoms. The highest BCUT2D eigenvalue weighted by Gasteiger charge is 2.38. The van der Waals surface area contributed by atoms with Gasteiger partial charge in [-0.15, -0.1) is 0 Å². The van der Waals surface area contributed by atoms with Gasteiger partial charge in [0.2, 0.25) is 0 Å². The van der Waals surface area contributed by atoms with Gasteiger partial charge < -0.3 is 19.3 Å². The molecule has 0 saturated heterocycles. The molecule has 1 aromatic rings. The Morgan fingerprint density at radius 3 is 2.44 bits per heavy atom. The van der Waals surface area contributed by atoms with E-state index in [9.17, 15) is 19.5 Å². The number of carbonyl (C=O) groups excluding carboxylic acids is 3. The molecule has 0 radical (unpaired) electrons. The normalized spacial score (nSPS) is 27.1. The van der Waals surface area contributed by atoms with Gasteiger partial charge in [0.05, 0.1) is 37.9 Å². The number of hydrogen-bond donors (Lipinski definition) is 1. The van der Waals surface area contributed by atoms with Gasteiger partial charge in [-0.3, -0.25) is 14.4 Å². The number of benzene rings is 1. The number of Topliss-reactive ketones (excluding diaryl/α,β-unsaturated/α-hetero) is 1. The third-order valence-corrected chi connectivity index (χ3v) is 5.93. The number of cyclic esters (lactones) is 1. The molecule has 1 N–H and O–H groups in total. The maximum absolute atomic E-state index is 13.1. The fourth-order valence-electron chi connectivity index (χ4n) is 3.44. The summed E-state index contributed by atoms with van der Waals surface area (Å²) in [5.74, 6) is -1.39. The number of esters is 1. The number of ether oxygens (including phenoxy) is 3. The summed E-state index contributed by atoms with van der Waals surface area (Å²) in [6.45, 7) is 7.16. The van der Waals surface area contributed by atoms with E-state index in [4.69, 9.17) is 14.2 Å². The molecule has 32 heavy (non-hydrogen) atoms. The Morgan fingerprint density at radius 1 is 1.16 bits per heavy atom. The lowest BCUT2D eigenvalue weighted by molar-refractivity contribution is -0.151. The standard InChI is InChI=1S/C25H34O7/c1-16-10-11-31-24(29)17(2)21(27)13-19(26)14-23(25(3,4)22(28)12-16)32-15-18-6-8-20(30-5)9-7-18/h6-9,12,17,19,23,26H,10-11,13-15H2,1-5H3/b16-12+/t17?,19-,23-/m1/s1. The quantitative estimate of drug-likeness (QED) is 0.559. The predicted molar refractivity (Wildman–Crippen MR) is 119 cm³/mol. The summed E-state index contributed by atoms with van der Waals surface area (Å²) in [4.78, 5) is 37.6. The molecule has 0 spiro atoms. The average molecular weight is 447 g/mol. The fourth-order valence-corrected chi connectivity index (χ4v) is 3.44.